The third-order valence-electron chi connectivity index (χ3n) is 5.59. The molecule has 1 aliphatic heterocycles. The van der Waals surface area contributed by atoms with Crippen LogP contribution in [0.1, 0.15) is 25.8 Å². The van der Waals surface area contributed by atoms with E-state index >= 15 is 0 Å². The van der Waals surface area contributed by atoms with Gasteiger partial charge >= 0.3 is 5.69 Å². The second-order valence-corrected chi connectivity index (χ2v) is 8.36. The zero-order chi connectivity index (χ0) is 22.0. The number of methoxy groups -OCH3 is 1. The Hall–Kier alpha value is -3.36. The number of benzene rings is 1. The van der Waals surface area contributed by atoms with Gasteiger partial charge in [-0.05, 0) is 36.0 Å². The molecule has 1 aromatic carbocycles. The van der Waals surface area contributed by atoms with E-state index in [9.17, 15) is 9.59 Å². The van der Waals surface area contributed by atoms with E-state index in [4.69, 9.17) is 4.74 Å². The number of hydrogen-bond donors (Lipinski definition) is 1. The summed E-state index contributed by atoms with van der Waals surface area (Å²) in [6.07, 6.45) is 4.38. The van der Waals surface area contributed by atoms with Crippen LogP contribution in [0, 0.1) is 11.8 Å². The van der Waals surface area contributed by atoms with Gasteiger partial charge in [0.15, 0.2) is 5.82 Å². The van der Waals surface area contributed by atoms with E-state index in [1.165, 1.54) is 15.5 Å². The summed E-state index contributed by atoms with van der Waals surface area (Å²) in [6, 6.07) is 7.44. The molecule has 4 rings (SSSR count). The molecule has 31 heavy (non-hydrogen) atoms. The molecule has 0 aliphatic carbocycles. The molecule has 1 N–H and O–H groups in total. The summed E-state index contributed by atoms with van der Waals surface area (Å²) in [7, 11) is 1.61. The third-order valence-corrected chi connectivity index (χ3v) is 5.59. The SMILES string of the molecule is COc1ccc(CNC(=O)Cn2nc3c(N4C[C@H](C)C[C@@H](C)C4)nccn3c2=O)cc1. The average Bonchev–Trinajstić information content (AvgIpc) is 3.07. The first kappa shape index (κ1) is 20.9. The number of rotatable bonds is 6. The third kappa shape index (κ3) is 4.55. The van der Waals surface area contributed by atoms with Gasteiger partial charge in [0.25, 0.3) is 0 Å². The zero-order valence-electron chi connectivity index (χ0n) is 18.1. The van der Waals surface area contributed by atoms with Crippen molar-refractivity contribution >= 4 is 17.4 Å². The largest absolute Gasteiger partial charge is 0.497 e. The van der Waals surface area contributed by atoms with Crippen molar-refractivity contribution in [3.8, 4) is 5.75 Å². The molecule has 0 bridgehead atoms. The number of anilines is 1. The van der Waals surface area contributed by atoms with Crippen molar-refractivity contribution in [1.29, 1.82) is 0 Å². The van der Waals surface area contributed by atoms with E-state index in [0.29, 0.717) is 29.8 Å². The molecule has 1 amide bonds. The molecule has 1 aliphatic rings. The number of carbonyl (C=O) groups is 1. The molecular formula is C22H28N6O3. The number of hydrogen-bond acceptors (Lipinski definition) is 6. The molecule has 9 nitrogen and oxygen atoms in total. The van der Waals surface area contributed by atoms with E-state index < -0.39 is 0 Å². The molecule has 2 atom stereocenters. The van der Waals surface area contributed by atoms with Gasteiger partial charge in [0.05, 0.1) is 7.11 Å². The lowest BCUT2D eigenvalue weighted by molar-refractivity contribution is -0.122. The van der Waals surface area contributed by atoms with Crippen LogP contribution in [0.4, 0.5) is 5.82 Å². The lowest BCUT2D eigenvalue weighted by atomic mass is 9.92. The van der Waals surface area contributed by atoms with E-state index in [-0.39, 0.29) is 18.1 Å². The van der Waals surface area contributed by atoms with Gasteiger partial charge in [0, 0.05) is 32.0 Å². The van der Waals surface area contributed by atoms with Crippen LogP contribution in [0.3, 0.4) is 0 Å². The minimum absolute atomic E-state index is 0.150. The number of fused-ring (bicyclic) bond motifs is 1. The highest BCUT2D eigenvalue weighted by atomic mass is 16.5. The Morgan fingerprint density at radius 3 is 2.58 bits per heavy atom. The van der Waals surface area contributed by atoms with Gasteiger partial charge in [-0.25, -0.2) is 18.9 Å². The van der Waals surface area contributed by atoms with Crippen molar-refractivity contribution in [3.05, 3.63) is 52.7 Å². The molecule has 0 unspecified atom stereocenters. The first-order valence-corrected chi connectivity index (χ1v) is 10.5. The van der Waals surface area contributed by atoms with Gasteiger partial charge in [0.1, 0.15) is 12.3 Å². The van der Waals surface area contributed by atoms with Crippen molar-refractivity contribution in [2.45, 2.75) is 33.4 Å². The molecule has 0 saturated carbocycles. The summed E-state index contributed by atoms with van der Waals surface area (Å²) in [6.45, 7) is 6.41. The van der Waals surface area contributed by atoms with Crippen LogP contribution < -0.4 is 20.6 Å². The van der Waals surface area contributed by atoms with Crippen LogP contribution in [-0.4, -0.2) is 45.3 Å². The maximum atomic E-state index is 12.8. The van der Waals surface area contributed by atoms with Gasteiger partial charge < -0.3 is 15.0 Å². The number of nitrogens with one attached hydrogen (secondary N) is 1. The second-order valence-electron chi connectivity index (χ2n) is 8.36. The molecule has 0 spiro atoms. The second kappa shape index (κ2) is 8.79. The molecule has 1 saturated heterocycles. The Balaban J connectivity index is 1.49. The maximum Gasteiger partial charge on any atom is 0.350 e. The monoisotopic (exact) mass is 424 g/mol. The topological polar surface area (TPSA) is 93.8 Å². The van der Waals surface area contributed by atoms with Gasteiger partial charge in [-0.3, -0.25) is 4.79 Å². The summed E-state index contributed by atoms with van der Waals surface area (Å²) in [5, 5.41) is 7.27. The summed E-state index contributed by atoms with van der Waals surface area (Å²) in [5.74, 6) is 2.26. The molecule has 3 heterocycles. The fourth-order valence-corrected chi connectivity index (χ4v) is 4.23. The van der Waals surface area contributed by atoms with Crippen LogP contribution in [0.5, 0.6) is 5.75 Å². The maximum absolute atomic E-state index is 12.8. The van der Waals surface area contributed by atoms with E-state index in [1.807, 2.05) is 24.3 Å². The van der Waals surface area contributed by atoms with Gasteiger partial charge in [-0.2, -0.15) is 0 Å². The molecular weight excluding hydrogens is 396 g/mol. The summed E-state index contributed by atoms with van der Waals surface area (Å²) in [5.41, 5.74) is 1.07. The lowest BCUT2D eigenvalue weighted by Gasteiger charge is -2.35. The Morgan fingerprint density at radius 1 is 1.19 bits per heavy atom. The minimum atomic E-state index is -0.351. The fraction of sp³-hybridized carbons (Fsp3) is 0.455. The molecule has 1 fully saturated rings. The Morgan fingerprint density at radius 2 is 1.90 bits per heavy atom. The summed E-state index contributed by atoms with van der Waals surface area (Å²) in [4.78, 5) is 31.9. The number of amides is 1. The van der Waals surface area contributed by atoms with Crippen LogP contribution in [-0.2, 0) is 17.9 Å². The van der Waals surface area contributed by atoms with E-state index in [2.05, 4.69) is 34.1 Å². The van der Waals surface area contributed by atoms with Crippen molar-refractivity contribution in [1.82, 2.24) is 24.5 Å². The van der Waals surface area contributed by atoms with Crippen molar-refractivity contribution in [2.75, 3.05) is 25.1 Å². The molecule has 164 valence electrons. The van der Waals surface area contributed by atoms with Gasteiger partial charge in [0.2, 0.25) is 11.6 Å². The Labute approximate surface area is 180 Å². The first-order chi connectivity index (χ1) is 14.9. The number of nitrogens with zero attached hydrogens (tertiary/aromatic N) is 5. The van der Waals surface area contributed by atoms with Crippen molar-refractivity contribution in [2.24, 2.45) is 11.8 Å². The quantitative estimate of drug-likeness (QED) is 0.647. The fourth-order valence-electron chi connectivity index (χ4n) is 4.23. The molecule has 3 aromatic rings. The zero-order valence-corrected chi connectivity index (χ0v) is 18.1. The van der Waals surface area contributed by atoms with Crippen LogP contribution in [0.15, 0.2) is 41.5 Å². The highest BCUT2D eigenvalue weighted by Gasteiger charge is 2.25. The predicted octanol–water partition coefficient (Wildman–Crippen LogP) is 1.70. The normalized spacial score (nSPS) is 18.9. The number of carbonyl (C=O) groups excluding carboxylic acids is 1. The minimum Gasteiger partial charge on any atom is -0.497 e. The highest BCUT2D eigenvalue weighted by molar-refractivity contribution is 5.75. The number of piperidine rings is 1. The average molecular weight is 425 g/mol. The highest BCUT2D eigenvalue weighted by Crippen LogP contribution is 2.26. The van der Waals surface area contributed by atoms with Gasteiger partial charge in [-0.15, -0.1) is 5.10 Å². The van der Waals surface area contributed by atoms with E-state index in [0.717, 1.165) is 24.4 Å². The predicted molar refractivity (Wildman–Crippen MR) is 117 cm³/mol. The van der Waals surface area contributed by atoms with Gasteiger partial charge in [-0.1, -0.05) is 26.0 Å². The van der Waals surface area contributed by atoms with E-state index in [1.54, 1.807) is 19.5 Å². The van der Waals surface area contributed by atoms with Crippen molar-refractivity contribution in [3.63, 3.8) is 0 Å². The Kier molecular flexibility index (Phi) is 5.92. The summed E-state index contributed by atoms with van der Waals surface area (Å²) < 4.78 is 7.79. The number of ether oxygens (including phenoxy) is 1. The van der Waals surface area contributed by atoms with Crippen LogP contribution in [0.25, 0.3) is 5.65 Å². The lowest BCUT2D eigenvalue weighted by Crippen LogP contribution is -2.39. The Bertz CT molecular complexity index is 1110. The summed E-state index contributed by atoms with van der Waals surface area (Å²) >= 11 is 0. The molecule has 2 aromatic heterocycles. The first-order valence-electron chi connectivity index (χ1n) is 10.5. The van der Waals surface area contributed by atoms with Crippen molar-refractivity contribution < 1.29 is 9.53 Å². The number of aromatic nitrogens is 4. The smallest absolute Gasteiger partial charge is 0.350 e. The standard InChI is InChI=1S/C22H28N6O3/c1-15-10-16(2)13-26(12-15)20-21-25-28(22(30)27(21)9-8-23-20)14-19(29)24-11-17-4-6-18(31-3)7-5-17/h4-9,15-16H,10-14H2,1-3H3,(H,24,29)/t15-,16-/m1/s1. The molecule has 9 heteroatoms. The van der Waals surface area contributed by atoms with Crippen LogP contribution in [0.2, 0.25) is 0 Å². The molecule has 0 radical (unpaired) electrons. The van der Waals surface area contributed by atoms with Crippen LogP contribution >= 0.6 is 0 Å².